The molecule has 0 aromatic rings. The third kappa shape index (κ3) is 1.22. The van der Waals surface area contributed by atoms with Crippen molar-refractivity contribution in [3.05, 3.63) is 11.8 Å². The maximum Gasteiger partial charge on any atom is 0.343 e. The highest BCUT2D eigenvalue weighted by Crippen LogP contribution is 2.02. The summed E-state index contributed by atoms with van der Waals surface area (Å²) in [4.78, 5) is 5.20. The molecule has 0 spiro atoms. The second-order valence-corrected chi connectivity index (χ2v) is 2.24. The molecule has 49 valence electrons. The van der Waals surface area contributed by atoms with Crippen molar-refractivity contribution in [3.8, 4) is 0 Å². The molecule has 0 aromatic heterocycles. The molecule has 3 heteroatoms. The Hall–Kier alpha value is -0.990. The molecule has 1 heterocycles. The zero-order valence-corrected chi connectivity index (χ0v) is 5.59. The summed E-state index contributed by atoms with van der Waals surface area (Å²) in [6.07, 6.45) is 1.61. The Bertz CT molecular complexity index is 172. The van der Waals surface area contributed by atoms with Crippen molar-refractivity contribution < 1.29 is 5.11 Å². The largest absolute Gasteiger partial charge is 0.343 e. The monoisotopic (exact) mass is 125 g/mol. The van der Waals surface area contributed by atoms with E-state index in [-0.39, 0.29) is 6.02 Å². The van der Waals surface area contributed by atoms with E-state index in [0.29, 0.717) is 6.54 Å². The molecule has 0 atom stereocenters. The molecule has 3 nitrogen and oxygen atoms in total. The van der Waals surface area contributed by atoms with Gasteiger partial charge in [0.1, 0.15) is 0 Å². The highest BCUT2D eigenvalue weighted by Gasteiger charge is 2.09. The fourth-order valence-electron chi connectivity index (χ4n) is 0.747. The van der Waals surface area contributed by atoms with Crippen LogP contribution in [0.25, 0.3) is 0 Å². The lowest BCUT2D eigenvalue weighted by Gasteiger charge is -2.16. The Balaban J connectivity index is 2.74. The van der Waals surface area contributed by atoms with E-state index in [1.165, 1.54) is 0 Å². The molecule has 1 aliphatic rings. The van der Waals surface area contributed by atoms with Crippen LogP contribution in [0.3, 0.4) is 0 Å². The molecule has 0 saturated heterocycles. The van der Waals surface area contributed by atoms with Crippen molar-refractivity contribution in [2.45, 2.75) is 6.92 Å². The topological polar surface area (TPSA) is 35.5 Å². The normalized spacial score (nSPS) is 19.1. The minimum atomic E-state index is -0.152. The molecule has 1 rings (SSSR count). The smallest absolute Gasteiger partial charge is 0.322 e. The second kappa shape index (κ2) is 2.09. The van der Waals surface area contributed by atoms with Gasteiger partial charge in [-0.15, -0.1) is 0 Å². The molecule has 9 heavy (non-hydrogen) atoms. The van der Waals surface area contributed by atoms with Crippen molar-refractivity contribution in [1.82, 2.24) is 4.90 Å². The van der Waals surface area contributed by atoms with Crippen LogP contribution >= 0.6 is 0 Å². The maximum absolute atomic E-state index is 10.7. The quantitative estimate of drug-likeness (QED) is 0.467. The van der Waals surface area contributed by atoms with Gasteiger partial charge in [0.2, 0.25) is 0 Å². The molecule has 1 aliphatic heterocycles. The number of aliphatic imine (C=N–C) groups is 1. The van der Waals surface area contributed by atoms with Crippen molar-refractivity contribution in [2.75, 3.05) is 13.6 Å². The Labute approximate surface area is 54.3 Å². The maximum atomic E-state index is 10.7. The average Bonchev–Trinajstić information content (AvgIpc) is 1.80. The van der Waals surface area contributed by atoms with Crippen LogP contribution in [0, 0.1) is 0 Å². The van der Waals surface area contributed by atoms with Gasteiger partial charge in [-0.2, -0.15) is 0 Å². The van der Waals surface area contributed by atoms with E-state index in [1.54, 1.807) is 18.1 Å². The number of likely N-dealkylation sites (N-methyl/N-ethyl adjacent to an activating group) is 1. The minimum absolute atomic E-state index is 0.152. The molecule has 1 radical (unpaired) electrons. The summed E-state index contributed by atoms with van der Waals surface area (Å²) in [5.74, 6) is 0. The van der Waals surface area contributed by atoms with Gasteiger partial charge in [0.25, 0.3) is 0 Å². The van der Waals surface area contributed by atoms with Crippen LogP contribution < -0.4 is 0 Å². The lowest BCUT2D eigenvalue weighted by Crippen LogP contribution is -2.28. The van der Waals surface area contributed by atoms with Crippen LogP contribution in [0.5, 0.6) is 0 Å². The van der Waals surface area contributed by atoms with Crippen LogP contribution in [-0.2, 0) is 5.11 Å². The summed E-state index contributed by atoms with van der Waals surface area (Å²) < 4.78 is 0. The van der Waals surface area contributed by atoms with Gasteiger partial charge in [0.05, 0.1) is 0 Å². The molecular weight excluding hydrogens is 116 g/mol. The Morgan fingerprint density at radius 1 is 1.78 bits per heavy atom. The Morgan fingerprint density at radius 3 is 2.89 bits per heavy atom. The summed E-state index contributed by atoms with van der Waals surface area (Å²) in [6.45, 7) is 2.66. The molecule has 0 bridgehead atoms. The minimum Gasteiger partial charge on any atom is -0.322 e. The van der Waals surface area contributed by atoms with Crippen molar-refractivity contribution in [3.63, 3.8) is 0 Å². The number of amidine groups is 1. The highest BCUT2D eigenvalue weighted by molar-refractivity contribution is 5.72. The van der Waals surface area contributed by atoms with Gasteiger partial charge in [0, 0.05) is 19.8 Å². The summed E-state index contributed by atoms with van der Waals surface area (Å²) in [5, 5.41) is 10.7. The average molecular weight is 125 g/mol. The fourth-order valence-corrected chi connectivity index (χ4v) is 0.747. The van der Waals surface area contributed by atoms with Gasteiger partial charge in [-0.3, -0.25) is 0 Å². The predicted octanol–water partition coefficient (Wildman–Crippen LogP) is 0.622. The van der Waals surface area contributed by atoms with Crippen molar-refractivity contribution >= 4 is 6.02 Å². The summed E-state index contributed by atoms with van der Waals surface area (Å²) >= 11 is 0. The molecule has 0 amide bonds. The van der Waals surface area contributed by atoms with Gasteiger partial charge in [-0.05, 0) is 12.5 Å². The number of rotatable bonds is 0. The van der Waals surface area contributed by atoms with E-state index in [2.05, 4.69) is 4.99 Å². The number of nitrogens with zero attached hydrogens (tertiary/aromatic N) is 2. The number of hydrogen-bond acceptors (Lipinski definition) is 2. The van der Waals surface area contributed by atoms with Crippen molar-refractivity contribution in [1.29, 1.82) is 0 Å². The van der Waals surface area contributed by atoms with Crippen molar-refractivity contribution in [2.24, 2.45) is 4.99 Å². The zero-order valence-electron chi connectivity index (χ0n) is 5.59. The van der Waals surface area contributed by atoms with E-state index < -0.39 is 0 Å². The first-order valence-electron chi connectivity index (χ1n) is 2.82. The third-order valence-corrected chi connectivity index (χ3v) is 1.21. The summed E-state index contributed by atoms with van der Waals surface area (Å²) in [7, 11) is 1.74. The first-order valence-corrected chi connectivity index (χ1v) is 2.82. The zero-order chi connectivity index (χ0) is 6.85. The Kier molecular flexibility index (Phi) is 1.42. The fraction of sp³-hybridized carbons (Fsp3) is 0.500. The third-order valence-electron chi connectivity index (χ3n) is 1.21. The molecule has 0 unspecified atom stereocenters. The lowest BCUT2D eigenvalue weighted by molar-refractivity contribution is 0.321. The van der Waals surface area contributed by atoms with E-state index >= 15 is 0 Å². The lowest BCUT2D eigenvalue weighted by atomic mass is 10.3. The predicted molar refractivity (Wildman–Crippen MR) is 34.5 cm³/mol. The van der Waals surface area contributed by atoms with Gasteiger partial charge in [0.15, 0.2) is 0 Å². The van der Waals surface area contributed by atoms with Gasteiger partial charge >= 0.3 is 6.02 Å². The molecule has 0 fully saturated rings. The first kappa shape index (κ1) is 6.13. The van der Waals surface area contributed by atoms with E-state index in [0.717, 1.165) is 5.57 Å². The summed E-state index contributed by atoms with van der Waals surface area (Å²) in [6, 6.07) is -0.152. The SMILES string of the molecule is CC1=CN=C([O])N(C)C1. The standard InChI is InChI=1S/C6H9N2O/c1-5-3-7-6(9)8(2)4-5/h3H,4H2,1-2H3. The molecule has 0 aliphatic carbocycles. The van der Waals surface area contributed by atoms with Gasteiger partial charge in [-0.1, -0.05) is 0 Å². The molecule has 0 saturated carbocycles. The molecule has 0 aromatic carbocycles. The molecule has 0 N–H and O–H groups in total. The highest BCUT2D eigenvalue weighted by atomic mass is 16.3. The van der Waals surface area contributed by atoms with E-state index in [1.807, 2.05) is 6.92 Å². The number of hydrogen-bond donors (Lipinski definition) is 0. The van der Waals surface area contributed by atoms with Crippen LogP contribution in [-0.4, -0.2) is 24.5 Å². The van der Waals surface area contributed by atoms with E-state index in [4.69, 9.17) is 0 Å². The Morgan fingerprint density at radius 2 is 2.44 bits per heavy atom. The second-order valence-electron chi connectivity index (χ2n) is 2.24. The van der Waals surface area contributed by atoms with Crippen LogP contribution in [0.1, 0.15) is 6.92 Å². The van der Waals surface area contributed by atoms with E-state index in [9.17, 15) is 5.11 Å². The molecular formula is C6H9N2O. The summed E-state index contributed by atoms with van der Waals surface area (Å²) in [5.41, 5.74) is 1.12. The van der Waals surface area contributed by atoms with Crippen LogP contribution in [0.4, 0.5) is 0 Å². The van der Waals surface area contributed by atoms with Crippen LogP contribution in [0.15, 0.2) is 16.8 Å². The van der Waals surface area contributed by atoms with Gasteiger partial charge in [-0.25, -0.2) is 10.1 Å². The van der Waals surface area contributed by atoms with Gasteiger partial charge < -0.3 is 4.90 Å². The van der Waals surface area contributed by atoms with Crippen LogP contribution in [0.2, 0.25) is 0 Å². The first-order chi connectivity index (χ1) is 4.20.